The first kappa shape index (κ1) is 18.1. The average Bonchev–Trinajstić information content (AvgIpc) is 3.36. The van der Waals surface area contributed by atoms with E-state index in [9.17, 15) is 4.79 Å². The number of amides is 1. The van der Waals surface area contributed by atoms with E-state index in [-0.39, 0.29) is 18.2 Å². The van der Waals surface area contributed by atoms with Gasteiger partial charge in [0.05, 0.1) is 19.9 Å². The lowest BCUT2D eigenvalue weighted by atomic mass is 9.85. The summed E-state index contributed by atoms with van der Waals surface area (Å²) in [4.78, 5) is 12.7. The number of hydrogen-bond acceptors (Lipinski definition) is 7. The van der Waals surface area contributed by atoms with Gasteiger partial charge in [0.1, 0.15) is 23.6 Å². The molecule has 5 rings (SSSR count). The van der Waals surface area contributed by atoms with E-state index in [0.29, 0.717) is 28.8 Å². The van der Waals surface area contributed by atoms with Gasteiger partial charge in [-0.3, -0.25) is 4.79 Å². The topological polar surface area (TPSA) is 108 Å². The van der Waals surface area contributed by atoms with Gasteiger partial charge >= 0.3 is 0 Å². The predicted octanol–water partition coefficient (Wildman–Crippen LogP) is 2.11. The maximum atomic E-state index is 12.7. The van der Waals surface area contributed by atoms with Crippen molar-refractivity contribution in [2.24, 2.45) is 0 Å². The molecule has 1 aliphatic heterocycles. The van der Waals surface area contributed by atoms with E-state index < -0.39 is 0 Å². The minimum atomic E-state index is -0.230. The van der Waals surface area contributed by atoms with Crippen LogP contribution in [0.2, 0.25) is 0 Å². The van der Waals surface area contributed by atoms with Gasteiger partial charge in [-0.2, -0.15) is 14.3 Å². The monoisotopic (exact) mass is 405 g/mol. The molecule has 10 nitrogen and oxygen atoms in total. The van der Waals surface area contributed by atoms with E-state index in [1.54, 1.807) is 35.5 Å². The molecule has 0 saturated carbocycles. The standard InChI is InChI=1S/C20H19N7O3/c1-11-19-14(13-8-12(29-2)4-5-15(13)30-3)9-18(28)22-20(19)27(24-11)17-7-6-16-23-21-10-26(16)25-17/h4-8,10,14H,9H2,1-3H3,(H,22,28). The van der Waals surface area contributed by atoms with Crippen molar-refractivity contribution in [2.45, 2.75) is 19.3 Å². The molecule has 1 unspecified atom stereocenters. The van der Waals surface area contributed by atoms with Crippen LogP contribution in [0.3, 0.4) is 0 Å². The second-order valence-electron chi connectivity index (χ2n) is 7.00. The molecule has 0 spiro atoms. The molecule has 1 N–H and O–H groups in total. The van der Waals surface area contributed by atoms with Crippen molar-refractivity contribution in [3.63, 3.8) is 0 Å². The van der Waals surface area contributed by atoms with Crippen LogP contribution in [-0.2, 0) is 4.79 Å². The fourth-order valence-electron chi connectivity index (χ4n) is 3.92. The zero-order valence-corrected chi connectivity index (χ0v) is 16.7. The van der Waals surface area contributed by atoms with Crippen LogP contribution in [0.1, 0.15) is 29.2 Å². The molecular weight excluding hydrogens is 386 g/mol. The van der Waals surface area contributed by atoms with Gasteiger partial charge in [-0.05, 0) is 37.3 Å². The lowest BCUT2D eigenvalue weighted by molar-refractivity contribution is -0.116. The molecule has 1 aliphatic rings. The van der Waals surface area contributed by atoms with E-state index in [1.807, 2.05) is 25.1 Å². The molecule has 0 saturated heterocycles. The number of fused-ring (bicyclic) bond motifs is 2. The Hall–Kier alpha value is -3.95. The summed E-state index contributed by atoms with van der Waals surface area (Å²) in [6.45, 7) is 1.92. The molecular formula is C20H19N7O3. The third kappa shape index (κ3) is 2.76. The number of rotatable bonds is 4. The molecule has 3 aromatic heterocycles. The Morgan fingerprint density at radius 2 is 2.00 bits per heavy atom. The highest BCUT2D eigenvalue weighted by molar-refractivity contribution is 5.95. The number of aromatic nitrogens is 6. The van der Waals surface area contributed by atoms with Gasteiger partial charge < -0.3 is 14.8 Å². The second-order valence-corrected chi connectivity index (χ2v) is 7.00. The summed E-state index contributed by atoms with van der Waals surface area (Å²) < 4.78 is 14.2. The highest BCUT2D eigenvalue weighted by Gasteiger charge is 2.34. The van der Waals surface area contributed by atoms with Crippen molar-refractivity contribution in [3.05, 3.63) is 53.5 Å². The molecule has 30 heavy (non-hydrogen) atoms. The van der Waals surface area contributed by atoms with Crippen LogP contribution in [0.15, 0.2) is 36.7 Å². The first-order valence-corrected chi connectivity index (χ1v) is 9.37. The van der Waals surface area contributed by atoms with Gasteiger partial charge in [-0.1, -0.05) is 0 Å². The zero-order chi connectivity index (χ0) is 20.8. The van der Waals surface area contributed by atoms with E-state index in [4.69, 9.17) is 9.47 Å². The van der Waals surface area contributed by atoms with Crippen LogP contribution >= 0.6 is 0 Å². The van der Waals surface area contributed by atoms with Gasteiger partial charge in [0, 0.05) is 23.5 Å². The van der Waals surface area contributed by atoms with Gasteiger partial charge in [0.25, 0.3) is 0 Å². The number of nitrogens with one attached hydrogen (secondary N) is 1. The minimum absolute atomic E-state index is 0.108. The maximum absolute atomic E-state index is 12.7. The van der Waals surface area contributed by atoms with Crippen LogP contribution in [0.25, 0.3) is 11.5 Å². The predicted molar refractivity (Wildman–Crippen MR) is 107 cm³/mol. The van der Waals surface area contributed by atoms with E-state index in [1.165, 1.54) is 6.33 Å². The van der Waals surface area contributed by atoms with E-state index in [0.717, 1.165) is 16.8 Å². The fourth-order valence-corrected chi connectivity index (χ4v) is 3.92. The van der Waals surface area contributed by atoms with Crippen molar-refractivity contribution in [1.82, 2.24) is 29.6 Å². The van der Waals surface area contributed by atoms with Crippen LogP contribution in [-0.4, -0.2) is 49.7 Å². The molecule has 1 aromatic carbocycles. The fraction of sp³-hybridized carbons (Fsp3) is 0.250. The molecule has 10 heteroatoms. The van der Waals surface area contributed by atoms with Crippen molar-refractivity contribution < 1.29 is 14.3 Å². The Morgan fingerprint density at radius 1 is 1.13 bits per heavy atom. The smallest absolute Gasteiger partial charge is 0.226 e. The lowest BCUT2D eigenvalue weighted by Crippen LogP contribution is -2.25. The molecule has 0 aliphatic carbocycles. The summed E-state index contributed by atoms with van der Waals surface area (Å²) >= 11 is 0. The highest BCUT2D eigenvalue weighted by Crippen LogP contribution is 2.44. The maximum Gasteiger partial charge on any atom is 0.226 e. The van der Waals surface area contributed by atoms with E-state index >= 15 is 0 Å². The summed E-state index contributed by atoms with van der Waals surface area (Å²) in [6.07, 6.45) is 1.80. The number of ether oxygens (including phenoxy) is 2. The molecule has 4 heterocycles. The first-order valence-electron chi connectivity index (χ1n) is 9.37. The molecule has 1 atom stereocenters. The lowest BCUT2D eigenvalue weighted by Gasteiger charge is -2.25. The summed E-state index contributed by atoms with van der Waals surface area (Å²) in [5.41, 5.74) is 3.22. The Labute approximate surface area is 171 Å². The highest BCUT2D eigenvalue weighted by atomic mass is 16.5. The number of hydrogen-bond donors (Lipinski definition) is 1. The summed E-state index contributed by atoms with van der Waals surface area (Å²) in [6, 6.07) is 9.18. The van der Waals surface area contributed by atoms with Crippen LogP contribution < -0.4 is 14.8 Å². The van der Waals surface area contributed by atoms with Gasteiger partial charge in [0.2, 0.25) is 5.91 Å². The van der Waals surface area contributed by atoms with Crippen LogP contribution in [0.4, 0.5) is 5.82 Å². The molecule has 0 bridgehead atoms. The largest absolute Gasteiger partial charge is 0.497 e. The molecule has 0 fully saturated rings. The Bertz CT molecular complexity index is 1280. The third-order valence-electron chi connectivity index (χ3n) is 5.28. The number of methoxy groups -OCH3 is 2. The van der Waals surface area contributed by atoms with Crippen molar-refractivity contribution in [1.29, 1.82) is 0 Å². The number of carbonyl (C=O) groups is 1. The molecule has 1 amide bonds. The number of carbonyl (C=O) groups excluding carboxylic acids is 1. The van der Waals surface area contributed by atoms with Gasteiger partial charge in [-0.25, -0.2) is 0 Å². The number of nitrogens with zero attached hydrogens (tertiary/aromatic N) is 6. The number of aryl methyl sites for hydroxylation is 1. The number of anilines is 1. The van der Waals surface area contributed by atoms with Crippen molar-refractivity contribution in [3.8, 4) is 17.3 Å². The van der Waals surface area contributed by atoms with Gasteiger partial charge in [-0.15, -0.1) is 15.3 Å². The zero-order valence-electron chi connectivity index (χ0n) is 16.7. The Morgan fingerprint density at radius 3 is 2.80 bits per heavy atom. The summed E-state index contributed by atoms with van der Waals surface area (Å²) in [5.74, 6) is 2.19. The quantitative estimate of drug-likeness (QED) is 0.554. The molecule has 4 aromatic rings. The SMILES string of the molecule is COc1ccc(OC)c(C2CC(=O)Nc3c2c(C)nn3-c2ccc3nncn3n2)c1. The summed E-state index contributed by atoms with van der Waals surface area (Å²) in [7, 11) is 3.23. The van der Waals surface area contributed by atoms with Crippen LogP contribution in [0.5, 0.6) is 11.5 Å². The van der Waals surface area contributed by atoms with Gasteiger partial charge in [0.15, 0.2) is 11.5 Å². The first-order chi connectivity index (χ1) is 14.6. The van der Waals surface area contributed by atoms with Crippen LogP contribution in [0, 0.1) is 6.92 Å². The number of benzene rings is 1. The summed E-state index contributed by atoms with van der Waals surface area (Å²) in [5, 5.41) is 20.0. The second kappa shape index (κ2) is 6.83. The normalized spacial score (nSPS) is 15.7. The molecule has 152 valence electrons. The Kier molecular flexibility index (Phi) is 4.12. The molecule has 0 radical (unpaired) electrons. The minimum Gasteiger partial charge on any atom is -0.497 e. The third-order valence-corrected chi connectivity index (χ3v) is 5.28. The van der Waals surface area contributed by atoms with Crippen molar-refractivity contribution in [2.75, 3.05) is 19.5 Å². The van der Waals surface area contributed by atoms with E-state index in [2.05, 4.69) is 25.7 Å². The average molecular weight is 405 g/mol. The van der Waals surface area contributed by atoms with Crippen molar-refractivity contribution >= 4 is 17.4 Å². The Balaban J connectivity index is 1.69.